The molecule has 0 heterocycles. The zero-order valence-electron chi connectivity index (χ0n) is 9.31. The van der Waals surface area contributed by atoms with Crippen LogP contribution in [0.25, 0.3) is 0 Å². The minimum atomic E-state index is -0.490. The Morgan fingerprint density at radius 1 is 1.31 bits per heavy atom. The first-order valence-corrected chi connectivity index (χ1v) is 4.58. The van der Waals surface area contributed by atoms with Gasteiger partial charge in [0, 0.05) is 0 Å². The van der Waals surface area contributed by atoms with E-state index in [0.29, 0.717) is 13.0 Å². The van der Waals surface area contributed by atoms with Crippen LogP contribution < -0.4 is 5.73 Å². The molecule has 0 saturated heterocycles. The first-order chi connectivity index (χ1) is 5.79. The van der Waals surface area contributed by atoms with Crippen LogP contribution in [0.15, 0.2) is 0 Å². The van der Waals surface area contributed by atoms with Crippen molar-refractivity contribution in [2.75, 3.05) is 13.7 Å². The summed E-state index contributed by atoms with van der Waals surface area (Å²) < 4.78 is 4.80. The lowest BCUT2D eigenvalue weighted by atomic mass is 9.66. The van der Waals surface area contributed by atoms with Gasteiger partial charge in [-0.3, -0.25) is 4.79 Å². The van der Waals surface area contributed by atoms with Crippen LogP contribution in [-0.4, -0.2) is 19.6 Å². The molecule has 1 atom stereocenters. The van der Waals surface area contributed by atoms with Crippen LogP contribution in [0.4, 0.5) is 0 Å². The summed E-state index contributed by atoms with van der Waals surface area (Å²) in [7, 11) is 1.42. The molecule has 0 aliphatic carbocycles. The van der Waals surface area contributed by atoms with E-state index in [1.807, 2.05) is 27.7 Å². The van der Waals surface area contributed by atoms with E-state index >= 15 is 0 Å². The molecule has 0 fully saturated rings. The first-order valence-electron chi connectivity index (χ1n) is 4.58. The van der Waals surface area contributed by atoms with Gasteiger partial charge in [0.2, 0.25) is 0 Å². The molecule has 0 amide bonds. The summed E-state index contributed by atoms with van der Waals surface area (Å²) in [5.74, 6) is -0.176. The topological polar surface area (TPSA) is 52.3 Å². The Labute approximate surface area is 80.6 Å². The van der Waals surface area contributed by atoms with E-state index in [9.17, 15) is 4.79 Å². The molecule has 78 valence electrons. The molecule has 0 spiro atoms. The summed E-state index contributed by atoms with van der Waals surface area (Å²) >= 11 is 0. The Kier molecular flexibility index (Phi) is 3.91. The molecule has 2 N–H and O–H groups in total. The van der Waals surface area contributed by atoms with E-state index < -0.39 is 5.41 Å². The Balaban J connectivity index is 4.83. The molecule has 0 aromatic heterocycles. The molecule has 1 unspecified atom stereocenters. The smallest absolute Gasteiger partial charge is 0.312 e. The highest BCUT2D eigenvalue weighted by Crippen LogP contribution is 2.41. The molecular formula is C10H21NO2. The molecule has 0 saturated carbocycles. The number of carbonyl (C=O) groups is 1. The highest BCUT2D eigenvalue weighted by Gasteiger charge is 2.44. The number of rotatable bonds is 3. The molecule has 0 radical (unpaired) electrons. The van der Waals surface area contributed by atoms with E-state index in [0.717, 1.165) is 0 Å². The Morgan fingerprint density at radius 2 is 1.77 bits per heavy atom. The fraction of sp³-hybridized carbons (Fsp3) is 0.900. The van der Waals surface area contributed by atoms with Gasteiger partial charge in [-0.25, -0.2) is 0 Å². The minimum absolute atomic E-state index is 0.126. The average Bonchev–Trinajstić information content (AvgIpc) is 2.01. The zero-order valence-corrected chi connectivity index (χ0v) is 9.31. The molecule has 0 aromatic carbocycles. The molecule has 0 aliphatic rings. The van der Waals surface area contributed by atoms with E-state index in [4.69, 9.17) is 10.5 Å². The van der Waals surface area contributed by atoms with Crippen LogP contribution in [-0.2, 0) is 9.53 Å². The van der Waals surface area contributed by atoms with E-state index in [1.165, 1.54) is 7.11 Å². The zero-order chi connectivity index (χ0) is 10.7. The number of nitrogens with two attached hydrogens (primary N) is 1. The van der Waals surface area contributed by atoms with Crippen molar-refractivity contribution in [3.63, 3.8) is 0 Å². The third-order valence-corrected chi connectivity index (χ3v) is 2.94. The second kappa shape index (κ2) is 4.09. The molecule has 0 aliphatic heterocycles. The monoisotopic (exact) mass is 187 g/mol. The number of carbonyl (C=O) groups excluding carboxylic acids is 1. The minimum Gasteiger partial charge on any atom is -0.469 e. The van der Waals surface area contributed by atoms with Crippen LogP contribution >= 0.6 is 0 Å². The maximum atomic E-state index is 11.6. The number of hydrogen-bond donors (Lipinski definition) is 1. The SMILES string of the molecule is COC(=O)C(C)(CCN)C(C)(C)C. The highest BCUT2D eigenvalue weighted by atomic mass is 16.5. The Hall–Kier alpha value is -0.570. The largest absolute Gasteiger partial charge is 0.469 e. The van der Waals surface area contributed by atoms with Gasteiger partial charge in [-0.1, -0.05) is 20.8 Å². The molecule has 0 rings (SSSR count). The molecule has 3 heteroatoms. The van der Waals surface area contributed by atoms with Crippen molar-refractivity contribution in [3.8, 4) is 0 Å². The number of esters is 1. The summed E-state index contributed by atoms with van der Waals surface area (Å²) in [6, 6.07) is 0. The van der Waals surface area contributed by atoms with Crippen LogP contribution in [0.5, 0.6) is 0 Å². The van der Waals surface area contributed by atoms with Crippen LogP contribution in [0.2, 0.25) is 0 Å². The van der Waals surface area contributed by atoms with Crippen molar-refractivity contribution in [2.24, 2.45) is 16.6 Å². The van der Waals surface area contributed by atoms with Gasteiger partial charge in [-0.15, -0.1) is 0 Å². The molecule has 0 aromatic rings. The van der Waals surface area contributed by atoms with Gasteiger partial charge in [0.25, 0.3) is 0 Å². The van der Waals surface area contributed by atoms with Crippen LogP contribution in [0.1, 0.15) is 34.1 Å². The van der Waals surface area contributed by atoms with Gasteiger partial charge in [0.1, 0.15) is 0 Å². The predicted octanol–water partition coefficient (Wildman–Crippen LogP) is 1.56. The van der Waals surface area contributed by atoms with Gasteiger partial charge < -0.3 is 10.5 Å². The predicted molar refractivity (Wildman–Crippen MR) is 53.2 cm³/mol. The maximum Gasteiger partial charge on any atom is 0.312 e. The number of ether oxygens (including phenoxy) is 1. The summed E-state index contributed by atoms with van der Waals surface area (Å²) in [5, 5.41) is 0. The lowest BCUT2D eigenvalue weighted by molar-refractivity contribution is -0.159. The van der Waals surface area contributed by atoms with E-state index in [1.54, 1.807) is 0 Å². The van der Waals surface area contributed by atoms with Gasteiger partial charge in [0.05, 0.1) is 12.5 Å². The van der Waals surface area contributed by atoms with Crippen molar-refractivity contribution in [1.29, 1.82) is 0 Å². The normalized spacial score (nSPS) is 16.5. The van der Waals surface area contributed by atoms with Crippen LogP contribution in [0.3, 0.4) is 0 Å². The van der Waals surface area contributed by atoms with Gasteiger partial charge >= 0.3 is 5.97 Å². The first kappa shape index (κ1) is 12.4. The third kappa shape index (κ3) is 2.44. The molecule has 0 bridgehead atoms. The van der Waals surface area contributed by atoms with Gasteiger partial charge in [0.15, 0.2) is 0 Å². The Bertz CT molecular complexity index is 184. The van der Waals surface area contributed by atoms with Gasteiger partial charge in [-0.05, 0) is 25.3 Å². The molecule has 13 heavy (non-hydrogen) atoms. The fourth-order valence-corrected chi connectivity index (χ4v) is 1.30. The summed E-state index contributed by atoms with van der Waals surface area (Å²) in [6.45, 7) is 8.49. The Morgan fingerprint density at radius 3 is 2.00 bits per heavy atom. The average molecular weight is 187 g/mol. The summed E-state index contributed by atoms with van der Waals surface area (Å²) in [6.07, 6.45) is 0.656. The lowest BCUT2D eigenvalue weighted by Gasteiger charge is -2.39. The van der Waals surface area contributed by atoms with Gasteiger partial charge in [-0.2, -0.15) is 0 Å². The fourth-order valence-electron chi connectivity index (χ4n) is 1.30. The molecule has 3 nitrogen and oxygen atoms in total. The van der Waals surface area contributed by atoms with Crippen LogP contribution in [0, 0.1) is 10.8 Å². The van der Waals surface area contributed by atoms with Crippen molar-refractivity contribution in [3.05, 3.63) is 0 Å². The second-order valence-electron chi connectivity index (χ2n) is 4.61. The van der Waals surface area contributed by atoms with Crippen molar-refractivity contribution >= 4 is 5.97 Å². The maximum absolute atomic E-state index is 11.6. The lowest BCUT2D eigenvalue weighted by Crippen LogP contribution is -2.42. The third-order valence-electron chi connectivity index (χ3n) is 2.94. The second-order valence-corrected chi connectivity index (χ2v) is 4.61. The van der Waals surface area contributed by atoms with E-state index in [-0.39, 0.29) is 11.4 Å². The number of methoxy groups -OCH3 is 1. The van der Waals surface area contributed by atoms with Crippen molar-refractivity contribution in [2.45, 2.75) is 34.1 Å². The summed E-state index contributed by atoms with van der Waals surface area (Å²) in [4.78, 5) is 11.6. The standard InChI is InChI=1S/C10H21NO2/c1-9(2,3)10(4,6-7-11)8(12)13-5/h6-7,11H2,1-5H3. The number of hydrogen-bond acceptors (Lipinski definition) is 3. The van der Waals surface area contributed by atoms with E-state index in [2.05, 4.69) is 0 Å². The molecular weight excluding hydrogens is 166 g/mol. The van der Waals surface area contributed by atoms with Crippen molar-refractivity contribution < 1.29 is 9.53 Å². The highest BCUT2D eigenvalue weighted by molar-refractivity contribution is 5.77. The summed E-state index contributed by atoms with van der Waals surface area (Å²) in [5.41, 5.74) is 4.88. The quantitative estimate of drug-likeness (QED) is 0.682. The van der Waals surface area contributed by atoms with Crippen molar-refractivity contribution in [1.82, 2.24) is 0 Å².